The molecule has 1 aromatic carbocycles. The topological polar surface area (TPSA) is 69.6 Å². The number of aromatic hydroxyl groups is 2. The molecule has 4 nitrogen and oxygen atoms in total. The monoisotopic (exact) mass is 241 g/mol. The molecule has 0 aliphatic carbocycles. The van der Waals surface area contributed by atoms with Crippen LogP contribution in [0.4, 0.5) is 0 Å². The summed E-state index contributed by atoms with van der Waals surface area (Å²) in [5.74, 6) is -0.889. The zero-order valence-electron chi connectivity index (χ0n) is 9.23. The number of amides is 1. The van der Waals surface area contributed by atoms with Crippen molar-refractivity contribution in [3.63, 3.8) is 0 Å². The van der Waals surface area contributed by atoms with E-state index in [9.17, 15) is 15.0 Å². The van der Waals surface area contributed by atoms with Gasteiger partial charge in [0.15, 0.2) is 0 Å². The molecule has 0 aromatic heterocycles. The van der Waals surface area contributed by atoms with Crippen LogP contribution in [0.5, 0.6) is 11.5 Å². The van der Waals surface area contributed by atoms with Gasteiger partial charge in [-0.15, -0.1) is 0 Å². The van der Waals surface area contributed by atoms with Crippen LogP contribution in [0.2, 0.25) is 0 Å². The minimum absolute atomic E-state index is 0.0733. The molecular formula is C11H15NO3S. The molecule has 0 bridgehead atoms. The van der Waals surface area contributed by atoms with Crippen LogP contribution in [0, 0.1) is 0 Å². The smallest absolute Gasteiger partial charge is 0.258 e. The molecule has 0 fully saturated rings. The lowest BCUT2D eigenvalue weighted by molar-refractivity contribution is 0.0948. The summed E-state index contributed by atoms with van der Waals surface area (Å²) in [5, 5.41) is 21.9. The summed E-state index contributed by atoms with van der Waals surface area (Å²) >= 11 is 1.63. The third kappa shape index (κ3) is 3.06. The predicted octanol–water partition coefficient (Wildman–Crippen LogP) is 1.58. The molecule has 0 radical (unpaired) electrons. The first kappa shape index (κ1) is 12.7. The Morgan fingerprint density at radius 2 is 2.00 bits per heavy atom. The number of hydrogen-bond donors (Lipinski definition) is 3. The van der Waals surface area contributed by atoms with E-state index in [0.717, 1.165) is 0 Å². The van der Waals surface area contributed by atoms with Crippen molar-refractivity contribution < 1.29 is 15.0 Å². The third-order valence-corrected chi connectivity index (χ3v) is 3.17. The highest BCUT2D eigenvalue weighted by atomic mass is 32.2. The molecule has 0 saturated carbocycles. The van der Waals surface area contributed by atoms with Crippen molar-refractivity contribution in [2.24, 2.45) is 0 Å². The molecule has 3 N–H and O–H groups in total. The Morgan fingerprint density at radius 1 is 1.44 bits per heavy atom. The van der Waals surface area contributed by atoms with Gasteiger partial charge in [0.2, 0.25) is 0 Å². The van der Waals surface area contributed by atoms with Crippen LogP contribution in [0.15, 0.2) is 18.2 Å². The van der Waals surface area contributed by atoms with Crippen molar-refractivity contribution in [2.75, 3.05) is 12.8 Å². The Kier molecular flexibility index (Phi) is 4.49. The van der Waals surface area contributed by atoms with Crippen molar-refractivity contribution in [3.05, 3.63) is 23.8 Å². The van der Waals surface area contributed by atoms with Crippen LogP contribution in [0.25, 0.3) is 0 Å². The highest BCUT2D eigenvalue weighted by Gasteiger charge is 2.15. The first-order valence-corrected chi connectivity index (χ1v) is 6.17. The van der Waals surface area contributed by atoms with E-state index >= 15 is 0 Å². The largest absolute Gasteiger partial charge is 0.507 e. The number of phenolic OH excluding ortho intramolecular Hbond substituents is 2. The summed E-state index contributed by atoms with van der Waals surface area (Å²) in [6.07, 6.45) is 1.95. The molecule has 1 unspecified atom stereocenters. The normalized spacial score (nSPS) is 12.1. The van der Waals surface area contributed by atoms with E-state index in [1.807, 2.05) is 13.2 Å². The van der Waals surface area contributed by atoms with Gasteiger partial charge >= 0.3 is 0 Å². The maximum atomic E-state index is 11.7. The number of hydrogen-bond acceptors (Lipinski definition) is 4. The number of benzene rings is 1. The molecule has 0 aliphatic heterocycles. The van der Waals surface area contributed by atoms with E-state index in [0.29, 0.717) is 6.54 Å². The van der Waals surface area contributed by atoms with Gasteiger partial charge in [-0.1, -0.05) is 13.0 Å². The lowest BCUT2D eigenvalue weighted by Gasteiger charge is -2.11. The molecule has 88 valence electrons. The van der Waals surface area contributed by atoms with Gasteiger partial charge in [-0.2, -0.15) is 11.8 Å². The molecule has 0 aliphatic rings. The molecule has 1 rings (SSSR count). The van der Waals surface area contributed by atoms with Crippen LogP contribution in [-0.2, 0) is 0 Å². The average Bonchev–Trinajstić information content (AvgIpc) is 2.25. The maximum Gasteiger partial charge on any atom is 0.258 e. The summed E-state index contributed by atoms with van der Waals surface area (Å²) in [4.78, 5) is 11.7. The number of carbonyl (C=O) groups is 1. The fraction of sp³-hybridized carbons (Fsp3) is 0.364. The second kappa shape index (κ2) is 5.65. The standard InChI is InChI=1S/C11H15NO3S/c1-7(16-2)6-12-11(15)10-8(13)4-3-5-9(10)14/h3-5,7,13-14H,6H2,1-2H3,(H,12,15). The van der Waals surface area contributed by atoms with Crippen LogP contribution in [0.3, 0.4) is 0 Å². The molecule has 1 atom stereocenters. The highest BCUT2D eigenvalue weighted by Crippen LogP contribution is 2.25. The van der Waals surface area contributed by atoms with E-state index < -0.39 is 5.91 Å². The van der Waals surface area contributed by atoms with Crippen molar-refractivity contribution in [2.45, 2.75) is 12.2 Å². The molecule has 1 aromatic rings. The summed E-state index contributed by atoms with van der Waals surface area (Å²) in [6.45, 7) is 2.48. The van der Waals surface area contributed by atoms with Crippen molar-refractivity contribution in [1.29, 1.82) is 0 Å². The molecule has 1 amide bonds. The van der Waals surface area contributed by atoms with E-state index in [2.05, 4.69) is 5.32 Å². The second-order valence-electron chi connectivity index (χ2n) is 3.43. The fourth-order valence-corrected chi connectivity index (χ4v) is 1.42. The number of phenols is 2. The molecule has 16 heavy (non-hydrogen) atoms. The van der Waals surface area contributed by atoms with E-state index in [4.69, 9.17) is 0 Å². The zero-order valence-corrected chi connectivity index (χ0v) is 10.0. The van der Waals surface area contributed by atoms with Gasteiger partial charge in [0.1, 0.15) is 17.1 Å². The average molecular weight is 241 g/mol. The fourth-order valence-electron chi connectivity index (χ4n) is 1.17. The molecule has 0 spiro atoms. The number of rotatable bonds is 4. The van der Waals surface area contributed by atoms with E-state index in [-0.39, 0.29) is 22.3 Å². The van der Waals surface area contributed by atoms with Gasteiger partial charge in [-0.25, -0.2) is 0 Å². The van der Waals surface area contributed by atoms with Gasteiger partial charge < -0.3 is 15.5 Å². The summed E-state index contributed by atoms with van der Waals surface area (Å²) in [5.41, 5.74) is -0.0733. The third-order valence-electron chi connectivity index (χ3n) is 2.20. The maximum absolute atomic E-state index is 11.7. The number of carbonyl (C=O) groups excluding carboxylic acids is 1. The Bertz CT molecular complexity index is 361. The Balaban J connectivity index is 2.73. The summed E-state index contributed by atoms with van der Waals surface area (Å²) in [7, 11) is 0. The minimum atomic E-state index is -0.462. The second-order valence-corrected chi connectivity index (χ2v) is 4.70. The lowest BCUT2D eigenvalue weighted by atomic mass is 10.1. The molecular weight excluding hydrogens is 226 g/mol. The highest BCUT2D eigenvalue weighted by molar-refractivity contribution is 7.99. The first-order valence-electron chi connectivity index (χ1n) is 4.88. The SMILES string of the molecule is CSC(C)CNC(=O)c1c(O)cccc1O. The Hall–Kier alpha value is -1.36. The zero-order chi connectivity index (χ0) is 12.1. The predicted molar refractivity (Wildman–Crippen MR) is 65.1 cm³/mol. The summed E-state index contributed by atoms with van der Waals surface area (Å²) < 4.78 is 0. The van der Waals surface area contributed by atoms with Crippen LogP contribution < -0.4 is 5.32 Å². The number of thioether (sulfide) groups is 1. The van der Waals surface area contributed by atoms with Crippen molar-refractivity contribution in [1.82, 2.24) is 5.32 Å². The van der Waals surface area contributed by atoms with Gasteiger partial charge in [-0.05, 0) is 18.4 Å². The molecule has 0 heterocycles. The Labute approximate surface area is 98.7 Å². The molecule has 5 heteroatoms. The molecule has 0 saturated heterocycles. The Morgan fingerprint density at radius 3 is 2.50 bits per heavy atom. The van der Waals surface area contributed by atoms with Crippen molar-refractivity contribution in [3.8, 4) is 11.5 Å². The van der Waals surface area contributed by atoms with Gasteiger partial charge in [-0.3, -0.25) is 4.79 Å². The van der Waals surface area contributed by atoms with E-state index in [1.54, 1.807) is 11.8 Å². The van der Waals surface area contributed by atoms with Crippen LogP contribution in [0.1, 0.15) is 17.3 Å². The lowest BCUT2D eigenvalue weighted by Crippen LogP contribution is -2.29. The first-order chi connectivity index (χ1) is 7.56. The van der Waals surface area contributed by atoms with Crippen LogP contribution in [-0.4, -0.2) is 34.2 Å². The van der Waals surface area contributed by atoms with Crippen molar-refractivity contribution >= 4 is 17.7 Å². The summed E-state index contributed by atoms with van der Waals surface area (Å²) in [6, 6.07) is 4.21. The van der Waals surface area contributed by atoms with E-state index in [1.165, 1.54) is 18.2 Å². The van der Waals surface area contributed by atoms with Gasteiger partial charge in [0, 0.05) is 11.8 Å². The number of nitrogens with one attached hydrogen (secondary N) is 1. The van der Waals surface area contributed by atoms with Gasteiger partial charge in [0.05, 0.1) is 0 Å². The minimum Gasteiger partial charge on any atom is -0.507 e. The van der Waals surface area contributed by atoms with Gasteiger partial charge in [0.25, 0.3) is 5.91 Å². The van der Waals surface area contributed by atoms with Crippen LogP contribution >= 0.6 is 11.8 Å². The quantitative estimate of drug-likeness (QED) is 0.748.